The highest BCUT2D eigenvalue weighted by Crippen LogP contribution is 2.31. The summed E-state index contributed by atoms with van der Waals surface area (Å²) in [5.41, 5.74) is -2.73. The first-order valence-corrected chi connectivity index (χ1v) is 11.0. The Morgan fingerprint density at radius 1 is 0.973 bits per heavy atom. The van der Waals surface area contributed by atoms with Crippen LogP contribution in [0.2, 0.25) is 0 Å². The van der Waals surface area contributed by atoms with E-state index in [9.17, 15) is 36.3 Å². The van der Waals surface area contributed by atoms with Crippen LogP contribution in [0.4, 0.5) is 22.0 Å². The summed E-state index contributed by atoms with van der Waals surface area (Å²) in [5.74, 6) is -5.27. The molecule has 37 heavy (non-hydrogen) atoms. The van der Waals surface area contributed by atoms with Crippen molar-refractivity contribution in [2.75, 3.05) is 0 Å². The third-order valence-electron chi connectivity index (χ3n) is 4.98. The Labute approximate surface area is 207 Å². The van der Waals surface area contributed by atoms with Gasteiger partial charge >= 0.3 is 12.1 Å². The summed E-state index contributed by atoms with van der Waals surface area (Å²) in [6, 6.07) is 6.09. The Morgan fingerprint density at radius 3 is 2.38 bits per heavy atom. The maximum Gasteiger partial charge on any atom is 0.419 e. The number of fused-ring (bicyclic) bond motifs is 1. The molecule has 0 bridgehead atoms. The number of halogens is 5. The number of carboxylic acids is 1. The maximum absolute atomic E-state index is 14.2. The minimum Gasteiger partial charge on any atom is -0.477 e. The van der Waals surface area contributed by atoms with E-state index in [0.717, 1.165) is 34.2 Å². The first-order chi connectivity index (χ1) is 17.4. The van der Waals surface area contributed by atoms with E-state index in [1.54, 1.807) is 0 Å². The highest BCUT2D eigenvalue weighted by Gasteiger charge is 2.34. The molecule has 0 saturated heterocycles. The van der Waals surface area contributed by atoms with Gasteiger partial charge in [0.05, 0.1) is 18.3 Å². The first-order valence-electron chi connectivity index (χ1n) is 10.2. The SMILES string of the molecule is O=C(NCc1ccc(F)c(C(F)(F)F)c1)c1cc(C(=O)NCc2ccc(C(=O)O)s2)n2ncc(F)c2n1. The van der Waals surface area contributed by atoms with Crippen LogP contribution in [0, 0.1) is 11.6 Å². The molecule has 3 N–H and O–H groups in total. The average Bonchev–Trinajstić information content (AvgIpc) is 3.47. The minimum atomic E-state index is -4.93. The number of carbonyl (C=O) groups excluding carboxylic acids is 2. The van der Waals surface area contributed by atoms with Gasteiger partial charge in [0.2, 0.25) is 0 Å². The zero-order valence-corrected chi connectivity index (χ0v) is 19.1. The summed E-state index contributed by atoms with van der Waals surface area (Å²) in [6.45, 7) is -0.513. The monoisotopic (exact) mass is 539 g/mol. The highest BCUT2D eigenvalue weighted by molar-refractivity contribution is 7.13. The van der Waals surface area contributed by atoms with Crippen LogP contribution in [0.25, 0.3) is 5.65 Å². The van der Waals surface area contributed by atoms with Crippen LogP contribution in [0.15, 0.2) is 42.6 Å². The van der Waals surface area contributed by atoms with Crippen LogP contribution in [0.5, 0.6) is 0 Å². The highest BCUT2D eigenvalue weighted by atomic mass is 32.1. The topological polar surface area (TPSA) is 126 Å². The lowest BCUT2D eigenvalue weighted by Gasteiger charge is -2.11. The van der Waals surface area contributed by atoms with Gasteiger partial charge < -0.3 is 15.7 Å². The van der Waals surface area contributed by atoms with Gasteiger partial charge in [0.25, 0.3) is 11.8 Å². The molecule has 4 aromatic rings. The molecule has 4 rings (SSSR count). The third kappa shape index (κ3) is 5.55. The fraction of sp³-hybridized carbons (Fsp3) is 0.136. The van der Waals surface area contributed by atoms with Crippen LogP contribution in [-0.4, -0.2) is 37.5 Å². The number of alkyl halides is 3. The molecule has 3 aromatic heterocycles. The van der Waals surface area contributed by atoms with Crippen molar-refractivity contribution in [3.63, 3.8) is 0 Å². The number of rotatable bonds is 7. The van der Waals surface area contributed by atoms with Crippen molar-refractivity contribution >= 4 is 34.8 Å². The van der Waals surface area contributed by atoms with Crippen molar-refractivity contribution in [1.29, 1.82) is 0 Å². The van der Waals surface area contributed by atoms with E-state index >= 15 is 0 Å². The van der Waals surface area contributed by atoms with E-state index < -0.39 is 59.0 Å². The van der Waals surface area contributed by atoms with Gasteiger partial charge in [-0.3, -0.25) is 9.59 Å². The maximum atomic E-state index is 14.2. The summed E-state index contributed by atoms with van der Waals surface area (Å²) in [4.78, 5) is 40.9. The van der Waals surface area contributed by atoms with E-state index in [1.165, 1.54) is 12.1 Å². The first kappa shape index (κ1) is 25.7. The fourth-order valence-corrected chi connectivity index (χ4v) is 4.02. The summed E-state index contributed by atoms with van der Waals surface area (Å²) >= 11 is 0.935. The van der Waals surface area contributed by atoms with E-state index in [2.05, 4.69) is 20.7 Å². The summed E-state index contributed by atoms with van der Waals surface area (Å²) in [7, 11) is 0. The van der Waals surface area contributed by atoms with E-state index in [4.69, 9.17) is 5.11 Å². The summed E-state index contributed by atoms with van der Waals surface area (Å²) in [5, 5.41) is 17.5. The Balaban J connectivity index is 1.54. The largest absolute Gasteiger partial charge is 0.477 e. The van der Waals surface area contributed by atoms with Crippen LogP contribution < -0.4 is 10.6 Å². The standard InChI is InChI=1S/C22H14F5N5O4S/c23-13-3-1-10(5-12(13)22(25,26)27)7-28-19(33)15-6-16(32-18(31-15)14(24)9-30-32)20(34)29-8-11-2-4-17(37-11)21(35)36/h1-6,9H,7-8H2,(H,28,33)(H,29,34)(H,35,36). The predicted octanol–water partition coefficient (Wildman–Crippen LogP) is 3.65. The van der Waals surface area contributed by atoms with Crippen molar-refractivity contribution in [2.45, 2.75) is 19.3 Å². The Kier molecular flexibility index (Phi) is 6.89. The Bertz CT molecular complexity index is 1530. The number of hydrogen-bond donors (Lipinski definition) is 3. The van der Waals surface area contributed by atoms with E-state index in [-0.39, 0.29) is 22.7 Å². The van der Waals surface area contributed by atoms with Gasteiger partial charge in [0.15, 0.2) is 11.5 Å². The number of amides is 2. The number of aromatic carboxylic acids is 1. The Morgan fingerprint density at radius 2 is 1.70 bits per heavy atom. The van der Waals surface area contributed by atoms with Crippen molar-refractivity contribution in [1.82, 2.24) is 25.2 Å². The quantitative estimate of drug-likeness (QED) is 0.308. The number of benzene rings is 1. The number of aromatic nitrogens is 3. The van der Waals surface area contributed by atoms with E-state index in [1.807, 2.05) is 0 Å². The fourth-order valence-electron chi connectivity index (χ4n) is 3.23. The van der Waals surface area contributed by atoms with Crippen LogP contribution in [0.3, 0.4) is 0 Å². The Hall–Kier alpha value is -4.40. The summed E-state index contributed by atoms with van der Waals surface area (Å²) < 4.78 is 67.3. The van der Waals surface area contributed by atoms with Crippen molar-refractivity contribution < 1.29 is 41.4 Å². The smallest absolute Gasteiger partial charge is 0.419 e. The average molecular weight is 539 g/mol. The lowest BCUT2D eigenvalue weighted by molar-refractivity contribution is -0.140. The molecule has 9 nitrogen and oxygen atoms in total. The lowest BCUT2D eigenvalue weighted by Crippen LogP contribution is -2.28. The molecular formula is C22H14F5N5O4S. The number of nitrogens with zero attached hydrogens (tertiary/aromatic N) is 3. The molecule has 0 fully saturated rings. The van der Waals surface area contributed by atoms with Gasteiger partial charge in [-0.2, -0.15) is 18.3 Å². The molecule has 2 amide bonds. The minimum absolute atomic E-state index is 0.0617. The molecule has 15 heteroatoms. The molecule has 0 spiro atoms. The molecule has 0 unspecified atom stereocenters. The zero-order chi connectivity index (χ0) is 26.9. The van der Waals surface area contributed by atoms with E-state index in [0.29, 0.717) is 17.0 Å². The van der Waals surface area contributed by atoms with Crippen LogP contribution in [0.1, 0.15) is 46.7 Å². The van der Waals surface area contributed by atoms with Gasteiger partial charge in [0, 0.05) is 17.5 Å². The number of carbonyl (C=O) groups is 3. The van der Waals surface area contributed by atoms with Gasteiger partial charge in [-0.05, 0) is 29.8 Å². The second kappa shape index (κ2) is 9.93. The van der Waals surface area contributed by atoms with Gasteiger partial charge in [-0.1, -0.05) is 6.07 Å². The molecule has 0 aliphatic rings. The van der Waals surface area contributed by atoms with Gasteiger partial charge in [-0.25, -0.2) is 23.1 Å². The van der Waals surface area contributed by atoms with Crippen molar-refractivity contribution in [3.8, 4) is 0 Å². The number of hydrogen-bond acceptors (Lipinski definition) is 6. The molecular weight excluding hydrogens is 525 g/mol. The molecule has 0 saturated carbocycles. The molecule has 192 valence electrons. The van der Waals surface area contributed by atoms with Gasteiger partial charge in [-0.15, -0.1) is 11.3 Å². The zero-order valence-electron chi connectivity index (χ0n) is 18.3. The van der Waals surface area contributed by atoms with Crippen molar-refractivity contribution in [3.05, 3.63) is 86.5 Å². The second-order valence-corrected chi connectivity index (χ2v) is 8.67. The third-order valence-corrected chi connectivity index (χ3v) is 6.05. The number of nitrogens with one attached hydrogen (secondary N) is 2. The molecule has 0 radical (unpaired) electrons. The van der Waals surface area contributed by atoms with Crippen molar-refractivity contribution in [2.24, 2.45) is 0 Å². The molecule has 0 aliphatic heterocycles. The van der Waals surface area contributed by atoms with Crippen LogP contribution >= 0.6 is 11.3 Å². The summed E-state index contributed by atoms with van der Waals surface area (Å²) in [6.07, 6.45) is -4.16. The molecule has 0 atom stereocenters. The molecule has 3 heterocycles. The lowest BCUT2D eigenvalue weighted by atomic mass is 10.1. The number of thiophene rings is 1. The normalized spacial score (nSPS) is 11.5. The van der Waals surface area contributed by atoms with Gasteiger partial charge in [0.1, 0.15) is 22.1 Å². The predicted molar refractivity (Wildman–Crippen MR) is 118 cm³/mol. The molecule has 1 aromatic carbocycles. The molecule has 0 aliphatic carbocycles. The number of carboxylic acid groups (broad SMARTS) is 1. The van der Waals surface area contributed by atoms with Crippen LogP contribution in [-0.2, 0) is 19.3 Å². The second-order valence-electron chi connectivity index (χ2n) is 7.50.